The summed E-state index contributed by atoms with van der Waals surface area (Å²) in [7, 11) is 0. The van der Waals surface area contributed by atoms with Gasteiger partial charge < -0.3 is 40.1 Å². The molecule has 1 heterocycles. The zero-order chi connectivity index (χ0) is 21.8. The maximum absolute atomic E-state index is 12.9. The SMILES string of the molecule is CCCCC(CC)OC(=O)C1C=C(O)C=CC1(O)[C@@H]1O[C@H](CO)[C@@H](O)[C@H](O)[C@H]1O. The zero-order valence-corrected chi connectivity index (χ0v) is 16.7. The zero-order valence-electron chi connectivity index (χ0n) is 16.7. The van der Waals surface area contributed by atoms with Gasteiger partial charge in [0.05, 0.1) is 6.61 Å². The van der Waals surface area contributed by atoms with E-state index in [9.17, 15) is 35.4 Å². The van der Waals surface area contributed by atoms with Crippen molar-refractivity contribution in [2.75, 3.05) is 6.61 Å². The van der Waals surface area contributed by atoms with Crippen LogP contribution in [0.5, 0.6) is 0 Å². The Morgan fingerprint density at radius 2 is 1.93 bits per heavy atom. The fourth-order valence-electron chi connectivity index (χ4n) is 3.71. The average Bonchev–Trinajstić information content (AvgIpc) is 2.71. The Bertz CT molecular complexity index is 617. The first-order chi connectivity index (χ1) is 13.7. The fraction of sp³-hybridized carbons (Fsp3) is 0.750. The molecule has 0 saturated carbocycles. The first-order valence-electron chi connectivity index (χ1n) is 10.0. The van der Waals surface area contributed by atoms with E-state index in [-0.39, 0.29) is 11.9 Å². The van der Waals surface area contributed by atoms with Crippen LogP contribution in [-0.2, 0) is 14.3 Å². The molecule has 166 valence electrons. The maximum Gasteiger partial charge on any atom is 0.316 e. The highest BCUT2D eigenvalue weighted by atomic mass is 16.6. The smallest absolute Gasteiger partial charge is 0.316 e. The van der Waals surface area contributed by atoms with Gasteiger partial charge in [0, 0.05) is 0 Å². The van der Waals surface area contributed by atoms with Crippen LogP contribution in [0.3, 0.4) is 0 Å². The molecule has 1 aliphatic carbocycles. The molecule has 0 amide bonds. The molecule has 8 atom stereocenters. The van der Waals surface area contributed by atoms with E-state index in [2.05, 4.69) is 0 Å². The molecule has 1 saturated heterocycles. The van der Waals surface area contributed by atoms with Gasteiger partial charge in [0.15, 0.2) is 0 Å². The van der Waals surface area contributed by atoms with Crippen molar-refractivity contribution in [1.82, 2.24) is 0 Å². The first kappa shape index (κ1) is 23.8. The van der Waals surface area contributed by atoms with E-state index in [4.69, 9.17) is 9.47 Å². The van der Waals surface area contributed by atoms with Crippen molar-refractivity contribution in [2.45, 2.75) is 81.8 Å². The molecule has 2 aliphatic rings. The fourth-order valence-corrected chi connectivity index (χ4v) is 3.71. The molecule has 0 aromatic rings. The third-order valence-corrected chi connectivity index (χ3v) is 5.58. The van der Waals surface area contributed by atoms with Crippen molar-refractivity contribution < 1.29 is 44.9 Å². The summed E-state index contributed by atoms with van der Waals surface area (Å²) in [6, 6.07) is 0. The molecule has 3 unspecified atom stereocenters. The van der Waals surface area contributed by atoms with E-state index in [1.807, 2.05) is 13.8 Å². The summed E-state index contributed by atoms with van der Waals surface area (Å²) in [5.41, 5.74) is -2.18. The predicted molar refractivity (Wildman–Crippen MR) is 102 cm³/mol. The van der Waals surface area contributed by atoms with E-state index in [0.29, 0.717) is 12.8 Å². The molecule has 0 aromatic heterocycles. The minimum absolute atomic E-state index is 0.275. The third kappa shape index (κ3) is 4.99. The summed E-state index contributed by atoms with van der Waals surface area (Å²) in [4.78, 5) is 12.9. The van der Waals surface area contributed by atoms with Crippen LogP contribution in [0.1, 0.15) is 39.5 Å². The number of hydrogen-bond donors (Lipinski definition) is 6. The number of carbonyl (C=O) groups is 1. The highest BCUT2D eigenvalue weighted by molar-refractivity contribution is 5.78. The van der Waals surface area contributed by atoms with Crippen LogP contribution in [0.2, 0.25) is 0 Å². The number of carbonyl (C=O) groups excluding carboxylic acids is 1. The van der Waals surface area contributed by atoms with Crippen molar-refractivity contribution in [3.8, 4) is 0 Å². The average molecular weight is 416 g/mol. The molecule has 1 aliphatic heterocycles. The predicted octanol–water partition coefficient (Wildman–Crippen LogP) is -0.300. The van der Waals surface area contributed by atoms with E-state index in [0.717, 1.165) is 31.1 Å². The molecule has 9 nitrogen and oxygen atoms in total. The Hall–Kier alpha value is -1.49. The third-order valence-electron chi connectivity index (χ3n) is 5.58. The second-order valence-corrected chi connectivity index (χ2v) is 7.65. The van der Waals surface area contributed by atoms with Crippen LogP contribution >= 0.6 is 0 Å². The molecule has 6 N–H and O–H groups in total. The van der Waals surface area contributed by atoms with Crippen LogP contribution in [0.15, 0.2) is 24.0 Å². The molecule has 0 spiro atoms. The summed E-state index contributed by atoms with van der Waals surface area (Å²) in [6.07, 6.45) is -1.93. The number of allylic oxidation sites excluding steroid dienone is 1. The molecule has 9 heteroatoms. The highest BCUT2D eigenvalue weighted by Gasteiger charge is 2.56. The van der Waals surface area contributed by atoms with Crippen LogP contribution < -0.4 is 0 Å². The Balaban J connectivity index is 2.30. The minimum atomic E-state index is -2.18. The minimum Gasteiger partial charge on any atom is -0.508 e. The van der Waals surface area contributed by atoms with Crippen LogP contribution in [0.25, 0.3) is 0 Å². The van der Waals surface area contributed by atoms with Gasteiger partial charge in [-0.1, -0.05) is 26.7 Å². The Kier molecular flexibility index (Phi) is 8.21. The van der Waals surface area contributed by atoms with E-state index < -0.39 is 54.6 Å². The molecule has 2 rings (SSSR count). The van der Waals surface area contributed by atoms with Gasteiger partial charge in [-0.15, -0.1) is 0 Å². The summed E-state index contributed by atoms with van der Waals surface area (Å²) >= 11 is 0. The molecular weight excluding hydrogens is 384 g/mol. The van der Waals surface area contributed by atoms with Crippen LogP contribution in [0.4, 0.5) is 0 Å². The number of ether oxygens (including phenoxy) is 2. The van der Waals surface area contributed by atoms with Crippen molar-refractivity contribution in [1.29, 1.82) is 0 Å². The summed E-state index contributed by atoms with van der Waals surface area (Å²) in [6.45, 7) is 3.21. The molecule has 1 fully saturated rings. The first-order valence-corrected chi connectivity index (χ1v) is 10.0. The Morgan fingerprint density at radius 3 is 2.52 bits per heavy atom. The van der Waals surface area contributed by atoms with Gasteiger partial charge in [0.1, 0.15) is 53.9 Å². The lowest BCUT2D eigenvalue weighted by Gasteiger charge is -2.48. The summed E-state index contributed by atoms with van der Waals surface area (Å²) < 4.78 is 11.0. The van der Waals surface area contributed by atoms with Crippen molar-refractivity contribution in [2.24, 2.45) is 5.92 Å². The Morgan fingerprint density at radius 1 is 1.24 bits per heavy atom. The van der Waals surface area contributed by atoms with Gasteiger partial charge in [-0.05, 0) is 31.1 Å². The molecule has 0 bridgehead atoms. The molecule has 29 heavy (non-hydrogen) atoms. The lowest BCUT2D eigenvalue weighted by molar-refractivity contribution is -0.267. The largest absolute Gasteiger partial charge is 0.508 e. The van der Waals surface area contributed by atoms with Crippen LogP contribution in [0, 0.1) is 5.92 Å². The van der Waals surface area contributed by atoms with Crippen molar-refractivity contribution >= 4 is 5.97 Å². The monoisotopic (exact) mass is 416 g/mol. The van der Waals surface area contributed by atoms with Crippen molar-refractivity contribution in [3.05, 3.63) is 24.0 Å². The van der Waals surface area contributed by atoms with E-state index in [1.165, 1.54) is 0 Å². The van der Waals surface area contributed by atoms with Gasteiger partial charge in [-0.2, -0.15) is 0 Å². The lowest BCUT2D eigenvalue weighted by atomic mass is 9.74. The van der Waals surface area contributed by atoms with Gasteiger partial charge in [0.2, 0.25) is 0 Å². The maximum atomic E-state index is 12.9. The molecular formula is C20H32O9. The normalized spacial score (nSPS) is 38.4. The van der Waals surface area contributed by atoms with Gasteiger partial charge in [0.25, 0.3) is 0 Å². The number of aliphatic hydroxyl groups is 6. The summed E-state index contributed by atoms with van der Waals surface area (Å²) in [5.74, 6) is -2.52. The van der Waals surface area contributed by atoms with E-state index >= 15 is 0 Å². The van der Waals surface area contributed by atoms with Gasteiger partial charge in [-0.3, -0.25) is 4.79 Å². The summed E-state index contributed by atoms with van der Waals surface area (Å²) in [5, 5.41) is 61.0. The van der Waals surface area contributed by atoms with Crippen LogP contribution in [-0.4, -0.2) is 85.4 Å². The standard InChI is InChI=1S/C20H32O9/c1-3-5-6-12(4-2)28-19(26)13-9-11(22)7-8-20(13,27)18-17(25)16(24)15(23)14(10-21)29-18/h7-9,12-18,21-25,27H,3-6,10H2,1-2H3/t12?,13?,14-,15-,16+,17-,18-,20?/m1/s1. The Labute approximate surface area is 169 Å². The second-order valence-electron chi connectivity index (χ2n) is 7.65. The number of aliphatic hydroxyl groups excluding tert-OH is 5. The van der Waals surface area contributed by atoms with Gasteiger partial charge in [-0.25, -0.2) is 0 Å². The highest BCUT2D eigenvalue weighted by Crippen LogP contribution is 2.38. The number of hydrogen-bond acceptors (Lipinski definition) is 9. The van der Waals surface area contributed by atoms with E-state index in [1.54, 1.807) is 0 Å². The number of unbranched alkanes of at least 4 members (excludes halogenated alkanes) is 1. The lowest BCUT2D eigenvalue weighted by Crippen LogP contribution is -2.67. The number of rotatable bonds is 8. The number of esters is 1. The topological polar surface area (TPSA) is 157 Å². The van der Waals surface area contributed by atoms with Gasteiger partial charge >= 0.3 is 5.97 Å². The quantitative estimate of drug-likeness (QED) is 0.292. The molecule has 0 radical (unpaired) electrons. The van der Waals surface area contributed by atoms with Crippen molar-refractivity contribution in [3.63, 3.8) is 0 Å². The molecule has 0 aromatic carbocycles. The second kappa shape index (κ2) is 10.0.